The highest BCUT2D eigenvalue weighted by molar-refractivity contribution is 7.18. The van der Waals surface area contributed by atoms with Crippen LogP contribution in [-0.4, -0.2) is 77.3 Å². The van der Waals surface area contributed by atoms with Crippen molar-refractivity contribution in [2.75, 3.05) is 39.4 Å². The number of hydrogen-bond acceptors (Lipinski definition) is 7. The van der Waals surface area contributed by atoms with Crippen molar-refractivity contribution in [1.82, 2.24) is 19.8 Å². The Labute approximate surface area is 194 Å². The zero-order valence-corrected chi connectivity index (χ0v) is 19.7. The number of thiophene rings is 1. The summed E-state index contributed by atoms with van der Waals surface area (Å²) in [4.78, 5) is 17.2. The molecule has 0 atom stereocenters. The van der Waals surface area contributed by atoms with E-state index in [1.54, 1.807) is 6.33 Å². The van der Waals surface area contributed by atoms with Gasteiger partial charge in [0.15, 0.2) is 0 Å². The van der Waals surface area contributed by atoms with Crippen molar-refractivity contribution in [2.45, 2.75) is 76.0 Å². The van der Waals surface area contributed by atoms with E-state index in [0.29, 0.717) is 11.5 Å². The van der Waals surface area contributed by atoms with Crippen LogP contribution < -0.4 is 4.74 Å². The highest BCUT2D eigenvalue weighted by Gasteiger charge is 2.51. The van der Waals surface area contributed by atoms with Crippen molar-refractivity contribution in [1.29, 1.82) is 0 Å². The first-order valence-corrected chi connectivity index (χ1v) is 13.6. The Morgan fingerprint density at radius 2 is 1.72 bits per heavy atom. The van der Waals surface area contributed by atoms with Gasteiger partial charge in [0.05, 0.1) is 18.6 Å². The first-order valence-electron chi connectivity index (χ1n) is 12.7. The van der Waals surface area contributed by atoms with E-state index in [4.69, 9.17) is 9.47 Å². The Morgan fingerprint density at radius 3 is 2.47 bits per heavy atom. The smallest absolute Gasteiger partial charge is 0.225 e. The molecule has 0 radical (unpaired) electrons. The number of likely N-dealkylation sites (tertiary alicyclic amines) is 2. The summed E-state index contributed by atoms with van der Waals surface area (Å²) >= 11 is 1.85. The first kappa shape index (κ1) is 20.1. The third-order valence-electron chi connectivity index (χ3n) is 8.81. The van der Waals surface area contributed by atoms with Crippen molar-refractivity contribution in [3.05, 3.63) is 16.8 Å². The molecule has 3 aliphatic heterocycles. The van der Waals surface area contributed by atoms with E-state index in [2.05, 4.69) is 19.8 Å². The van der Waals surface area contributed by atoms with Crippen LogP contribution in [-0.2, 0) is 17.6 Å². The summed E-state index contributed by atoms with van der Waals surface area (Å²) in [6, 6.07) is 1.55. The van der Waals surface area contributed by atoms with Crippen molar-refractivity contribution >= 4 is 21.6 Å². The lowest BCUT2D eigenvalue weighted by Gasteiger charge is -2.58. The van der Waals surface area contributed by atoms with E-state index in [9.17, 15) is 0 Å². The molecule has 1 spiro atoms. The standard InChI is InChI=1S/C25H34N4O2S/c1-2-20-21(3-1)32-24-22(20)23(26-16-27-24)31-19-6-4-17(5-7-19)28-10-8-18(9-11-28)29-12-25(13-29)14-30-15-25/h16-19H,1-15H2. The van der Waals surface area contributed by atoms with Gasteiger partial charge in [0.1, 0.15) is 17.3 Å². The fourth-order valence-corrected chi connectivity index (χ4v) is 8.16. The van der Waals surface area contributed by atoms with Gasteiger partial charge in [-0.25, -0.2) is 9.97 Å². The van der Waals surface area contributed by atoms with Gasteiger partial charge in [-0.05, 0) is 76.4 Å². The molecular weight excluding hydrogens is 420 g/mol. The van der Waals surface area contributed by atoms with E-state index in [1.165, 1.54) is 80.5 Å². The van der Waals surface area contributed by atoms with E-state index < -0.39 is 0 Å². The average Bonchev–Trinajstić information content (AvgIpc) is 3.34. The Morgan fingerprint density at radius 1 is 0.938 bits per heavy atom. The van der Waals surface area contributed by atoms with E-state index in [1.807, 2.05) is 11.3 Å². The maximum atomic E-state index is 6.51. The zero-order valence-electron chi connectivity index (χ0n) is 18.9. The van der Waals surface area contributed by atoms with Crippen molar-refractivity contribution in [3.8, 4) is 5.88 Å². The van der Waals surface area contributed by atoms with E-state index in [-0.39, 0.29) is 0 Å². The number of ether oxygens (including phenoxy) is 2. The molecule has 6 nitrogen and oxygen atoms in total. The second kappa shape index (κ2) is 7.90. The summed E-state index contributed by atoms with van der Waals surface area (Å²) in [5.41, 5.74) is 2.02. The number of aromatic nitrogens is 2. The summed E-state index contributed by atoms with van der Waals surface area (Å²) in [6.07, 6.45) is 13.1. The summed E-state index contributed by atoms with van der Waals surface area (Å²) < 4.78 is 12.0. The third kappa shape index (κ3) is 3.39. The fraction of sp³-hybridized carbons (Fsp3) is 0.760. The largest absolute Gasteiger partial charge is 0.474 e. The SMILES string of the molecule is c1nc(OC2CCC(N3CCC(N4CC5(COC5)C4)CC3)CC2)c2c3c(sc2n1)CCC3. The lowest BCUT2D eigenvalue weighted by molar-refractivity contribution is -0.201. The van der Waals surface area contributed by atoms with Gasteiger partial charge in [-0.3, -0.25) is 4.90 Å². The van der Waals surface area contributed by atoms with Gasteiger partial charge in [0.2, 0.25) is 5.88 Å². The van der Waals surface area contributed by atoms with Crippen LogP contribution in [0.3, 0.4) is 0 Å². The second-order valence-corrected chi connectivity index (χ2v) is 12.0. The van der Waals surface area contributed by atoms with Crippen LogP contribution in [0.5, 0.6) is 5.88 Å². The molecule has 3 saturated heterocycles. The first-order chi connectivity index (χ1) is 15.8. The molecule has 172 valence electrons. The molecular formula is C25H34N4O2S. The number of piperidine rings is 1. The molecule has 32 heavy (non-hydrogen) atoms. The average molecular weight is 455 g/mol. The second-order valence-electron chi connectivity index (χ2n) is 10.9. The van der Waals surface area contributed by atoms with Crippen LogP contribution in [0.4, 0.5) is 0 Å². The summed E-state index contributed by atoms with van der Waals surface area (Å²) in [6.45, 7) is 7.11. The molecule has 2 aromatic heterocycles. The molecule has 4 fully saturated rings. The number of nitrogens with zero attached hydrogens (tertiary/aromatic N) is 4. The van der Waals surface area contributed by atoms with Gasteiger partial charge in [-0.1, -0.05) is 0 Å². The van der Waals surface area contributed by atoms with E-state index in [0.717, 1.165) is 55.3 Å². The predicted molar refractivity (Wildman–Crippen MR) is 126 cm³/mol. The highest BCUT2D eigenvalue weighted by atomic mass is 32.1. The highest BCUT2D eigenvalue weighted by Crippen LogP contribution is 2.42. The molecule has 0 unspecified atom stereocenters. The topological polar surface area (TPSA) is 50.7 Å². The molecule has 7 heteroatoms. The number of hydrogen-bond donors (Lipinski definition) is 0. The minimum absolute atomic E-state index is 0.306. The monoisotopic (exact) mass is 454 g/mol. The summed E-state index contributed by atoms with van der Waals surface area (Å²) in [5.74, 6) is 0.850. The van der Waals surface area contributed by atoms with Gasteiger partial charge < -0.3 is 14.4 Å². The van der Waals surface area contributed by atoms with Crippen LogP contribution in [0.15, 0.2) is 6.33 Å². The van der Waals surface area contributed by atoms with Crippen LogP contribution >= 0.6 is 11.3 Å². The number of aryl methyl sites for hydroxylation is 2. The fourth-order valence-electron chi connectivity index (χ4n) is 6.94. The summed E-state index contributed by atoms with van der Waals surface area (Å²) in [5, 5.41) is 1.22. The molecule has 7 rings (SSSR count). The van der Waals surface area contributed by atoms with Gasteiger partial charge in [-0.15, -0.1) is 11.3 Å². The molecule has 0 bridgehead atoms. The lowest BCUT2D eigenvalue weighted by atomic mass is 9.76. The normalized spacial score (nSPS) is 30.9. The summed E-state index contributed by atoms with van der Waals surface area (Å²) in [7, 11) is 0. The number of rotatable bonds is 4. The minimum atomic E-state index is 0.306. The predicted octanol–water partition coefficient (Wildman–Crippen LogP) is 3.67. The maximum absolute atomic E-state index is 6.51. The third-order valence-corrected chi connectivity index (χ3v) is 10.0. The molecule has 0 amide bonds. The van der Waals surface area contributed by atoms with Crippen molar-refractivity contribution in [2.24, 2.45) is 5.41 Å². The maximum Gasteiger partial charge on any atom is 0.225 e. The Bertz CT molecular complexity index is 981. The molecule has 0 N–H and O–H groups in total. The quantitative estimate of drug-likeness (QED) is 0.703. The van der Waals surface area contributed by atoms with Gasteiger partial charge in [-0.2, -0.15) is 0 Å². The van der Waals surface area contributed by atoms with Crippen molar-refractivity contribution < 1.29 is 9.47 Å². The molecule has 5 aliphatic rings. The van der Waals surface area contributed by atoms with Gasteiger partial charge >= 0.3 is 0 Å². The molecule has 2 aliphatic carbocycles. The molecule has 0 aromatic carbocycles. The molecule has 1 saturated carbocycles. The minimum Gasteiger partial charge on any atom is -0.474 e. The zero-order chi connectivity index (χ0) is 21.1. The van der Waals surface area contributed by atoms with Gasteiger partial charge in [0, 0.05) is 35.5 Å². The van der Waals surface area contributed by atoms with Gasteiger partial charge in [0.25, 0.3) is 0 Å². The van der Waals surface area contributed by atoms with Crippen LogP contribution in [0.2, 0.25) is 0 Å². The van der Waals surface area contributed by atoms with Crippen LogP contribution in [0.25, 0.3) is 10.2 Å². The van der Waals surface area contributed by atoms with E-state index >= 15 is 0 Å². The Kier molecular flexibility index (Phi) is 4.97. The van der Waals surface area contributed by atoms with Crippen molar-refractivity contribution in [3.63, 3.8) is 0 Å². The molecule has 5 heterocycles. The van der Waals surface area contributed by atoms with Crippen LogP contribution in [0, 0.1) is 5.41 Å². The Hall–Kier alpha value is -1.28. The Balaban J connectivity index is 0.925. The molecule has 2 aromatic rings. The van der Waals surface area contributed by atoms with Crippen LogP contribution in [0.1, 0.15) is 55.4 Å². The number of fused-ring (bicyclic) bond motifs is 3. The lowest BCUT2D eigenvalue weighted by Crippen LogP contribution is -2.68.